The lowest BCUT2D eigenvalue weighted by molar-refractivity contribution is 0.0409. The monoisotopic (exact) mass is 308 g/mol. The van der Waals surface area contributed by atoms with Gasteiger partial charge < -0.3 is 10.5 Å². The van der Waals surface area contributed by atoms with Crippen LogP contribution in [0.15, 0.2) is 46.3 Å². The maximum Gasteiger partial charge on any atom is 0.144 e. The highest BCUT2D eigenvalue weighted by Gasteiger charge is 2.33. The number of hydrogen-bond donors (Lipinski definition) is 1. The van der Waals surface area contributed by atoms with E-state index in [-0.39, 0.29) is 0 Å². The number of nitrogens with two attached hydrogens (primary N) is 1. The molecule has 1 aromatic carbocycles. The van der Waals surface area contributed by atoms with Crippen LogP contribution in [-0.2, 0) is 4.74 Å². The van der Waals surface area contributed by atoms with Crippen LogP contribution in [0.1, 0.15) is 25.0 Å². The van der Waals surface area contributed by atoms with Gasteiger partial charge in [0.2, 0.25) is 0 Å². The van der Waals surface area contributed by atoms with Crippen LogP contribution in [0, 0.1) is 25.2 Å². The molecular formula is C18H20N4O. The van der Waals surface area contributed by atoms with Gasteiger partial charge in [-0.3, -0.25) is 0 Å². The molecule has 0 aliphatic carbocycles. The molecule has 1 aromatic rings. The molecule has 5 heteroatoms. The molecule has 0 spiro atoms. The van der Waals surface area contributed by atoms with E-state index >= 15 is 0 Å². The predicted molar refractivity (Wildman–Crippen MR) is 90.8 cm³/mol. The Bertz CT molecular complexity index is 789. The molecule has 3 rings (SSSR count). The van der Waals surface area contributed by atoms with E-state index in [1.54, 1.807) is 5.01 Å². The average Bonchev–Trinajstić information content (AvgIpc) is 2.47. The van der Waals surface area contributed by atoms with Gasteiger partial charge in [-0.05, 0) is 44.9 Å². The minimum absolute atomic E-state index is 0.359. The summed E-state index contributed by atoms with van der Waals surface area (Å²) in [5.74, 6) is 0.359. The van der Waals surface area contributed by atoms with Gasteiger partial charge in [-0.2, -0.15) is 10.4 Å². The lowest BCUT2D eigenvalue weighted by Gasteiger charge is -2.35. The summed E-state index contributed by atoms with van der Waals surface area (Å²) in [5.41, 5.74) is 10.8. The molecule has 2 aliphatic rings. The maximum atomic E-state index is 9.62. The summed E-state index contributed by atoms with van der Waals surface area (Å²) in [4.78, 5) is 0. The van der Waals surface area contributed by atoms with Gasteiger partial charge in [-0.15, -0.1) is 0 Å². The van der Waals surface area contributed by atoms with Gasteiger partial charge in [-0.25, -0.2) is 5.01 Å². The molecule has 0 radical (unpaired) electrons. The SMILES string of the molecule is Cc1cccc(C)c1N1N=C2COC(C)(C)C=C2C(C#N)=C1N. The van der Waals surface area contributed by atoms with Crippen molar-refractivity contribution in [1.29, 1.82) is 5.26 Å². The lowest BCUT2D eigenvalue weighted by Crippen LogP contribution is -2.39. The molecule has 0 fully saturated rings. The highest BCUT2D eigenvalue weighted by atomic mass is 16.5. The van der Waals surface area contributed by atoms with Gasteiger partial charge in [0.15, 0.2) is 0 Å². The van der Waals surface area contributed by atoms with Crippen LogP contribution >= 0.6 is 0 Å². The van der Waals surface area contributed by atoms with Crippen LogP contribution in [0.25, 0.3) is 0 Å². The fourth-order valence-electron chi connectivity index (χ4n) is 2.95. The van der Waals surface area contributed by atoms with Gasteiger partial charge >= 0.3 is 0 Å². The summed E-state index contributed by atoms with van der Waals surface area (Å²) in [7, 11) is 0. The zero-order valence-electron chi connectivity index (χ0n) is 13.8. The number of rotatable bonds is 1. The Kier molecular flexibility index (Phi) is 3.50. The van der Waals surface area contributed by atoms with Gasteiger partial charge in [0.1, 0.15) is 17.5 Å². The molecule has 2 heterocycles. The number of anilines is 1. The molecule has 0 bridgehead atoms. The molecule has 118 valence electrons. The number of para-hydroxylation sites is 1. The van der Waals surface area contributed by atoms with Crippen LogP contribution in [0.5, 0.6) is 0 Å². The number of nitriles is 1. The van der Waals surface area contributed by atoms with Crippen molar-refractivity contribution in [1.82, 2.24) is 0 Å². The lowest BCUT2D eigenvalue weighted by atomic mass is 9.92. The number of aryl methyl sites for hydroxylation is 2. The van der Waals surface area contributed by atoms with E-state index in [1.165, 1.54) is 0 Å². The predicted octanol–water partition coefficient (Wildman–Crippen LogP) is 2.91. The standard InChI is InChI=1S/C18H20N4O/c1-11-6-5-7-12(2)16(11)22-17(20)14(9-19)13-8-18(3,4)23-10-15(13)21-22/h5-8H,10,20H2,1-4H3. The van der Waals surface area contributed by atoms with Crippen molar-refractivity contribution >= 4 is 11.4 Å². The number of fused-ring (bicyclic) bond motifs is 1. The zero-order chi connectivity index (χ0) is 16.8. The minimum Gasteiger partial charge on any atom is -0.383 e. The summed E-state index contributed by atoms with van der Waals surface area (Å²) < 4.78 is 5.80. The maximum absolute atomic E-state index is 9.62. The molecule has 0 saturated heterocycles. The first-order valence-corrected chi connectivity index (χ1v) is 7.55. The number of hydrazone groups is 1. The van der Waals surface area contributed by atoms with Crippen LogP contribution in [-0.4, -0.2) is 17.9 Å². The van der Waals surface area contributed by atoms with E-state index in [2.05, 4.69) is 11.2 Å². The summed E-state index contributed by atoms with van der Waals surface area (Å²) >= 11 is 0. The molecule has 0 atom stereocenters. The number of ether oxygens (including phenoxy) is 1. The van der Waals surface area contributed by atoms with Gasteiger partial charge in [0.05, 0.1) is 23.6 Å². The van der Waals surface area contributed by atoms with Gasteiger partial charge in [0.25, 0.3) is 0 Å². The number of hydrogen-bond acceptors (Lipinski definition) is 5. The van der Waals surface area contributed by atoms with Crippen molar-refractivity contribution in [3.05, 3.63) is 52.4 Å². The van der Waals surface area contributed by atoms with E-state index in [9.17, 15) is 5.26 Å². The fraction of sp³-hybridized carbons (Fsp3) is 0.333. The van der Waals surface area contributed by atoms with Gasteiger partial charge in [0, 0.05) is 5.57 Å². The third-order valence-electron chi connectivity index (χ3n) is 4.12. The summed E-state index contributed by atoms with van der Waals surface area (Å²) in [6, 6.07) is 8.25. The first-order chi connectivity index (χ1) is 10.8. The van der Waals surface area contributed by atoms with Crippen molar-refractivity contribution in [2.45, 2.75) is 33.3 Å². The van der Waals surface area contributed by atoms with Crippen molar-refractivity contribution < 1.29 is 4.74 Å². The average molecular weight is 308 g/mol. The summed E-state index contributed by atoms with van der Waals surface area (Å²) in [6.45, 7) is 8.29. The zero-order valence-corrected chi connectivity index (χ0v) is 13.8. The normalized spacial score (nSPS) is 19.7. The quantitative estimate of drug-likeness (QED) is 0.865. The number of benzene rings is 1. The Labute approximate surface area is 136 Å². The van der Waals surface area contributed by atoms with Crippen LogP contribution in [0.3, 0.4) is 0 Å². The molecule has 0 saturated carbocycles. The Morgan fingerprint density at radius 3 is 2.57 bits per heavy atom. The Morgan fingerprint density at radius 2 is 1.96 bits per heavy atom. The van der Waals surface area contributed by atoms with Crippen LogP contribution in [0.4, 0.5) is 5.69 Å². The molecule has 0 amide bonds. The van der Waals surface area contributed by atoms with Crippen molar-refractivity contribution in [2.75, 3.05) is 11.6 Å². The molecule has 2 aliphatic heterocycles. The second kappa shape index (κ2) is 5.25. The van der Waals surface area contributed by atoms with Crippen molar-refractivity contribution in [2.24, 2.45) is 10.8 Å². The Balaban J connectivity index is 2.20. The first kappa shape index (κ1) is 15.3. The van der Waals surface area contributed by atoms with Crippen molar-refractivity contribution in [3.8, 4) is 6.07 Å². The molecule has 0 unspecified atom stereocenters. The highest BCUT2D eigenvalue weighted by molar-refractivity contribution is 6.08. The number of allylic oxidation sites excluding steroid dienone is 1. The van der Waals surface area contributed by atoms with Crippen molar-refractivity contribution in [3.63, 3.8) is 0 Å². The van der Waals surface area contributed by atoms with E-state index in [1.807, 2.05) is 52.0 Å². The van der Waals surface area contributed by atoms with E-state index in [0.717, 1.165) is 28.1 Å². The molecule has 23 heavy (non-hydrogen) atoms. The smallest absolute Gasteiger partial charge is 0.144 e. The Hall–Kier alpha value is -2.58. The van der Waals surface area contributed by atoms with Crippen LogP contribution in [0.2, 0.25) is 0 Å². The topological polar surface area (TPSA) is 74.6 Å². The minimum atomic E-state index is -0.433. The Morgan fingerprint density at radius 1 is 1.30 bits per heavy atom. The van der Waals surface area contributed by atoms with Gasteiger partial charge in [-0.1, -0.05) is 18.2 Å². The first-order valence-electron chi connectivity index (χ1n) is 7.55. The number of nitrogens with zero attached hydrogens (tertiary/aromatic N) is 3. The summed E-state index contributed by atoms with van der Waals surface area (Å²) in [6.07, 6.45) is 1.92. The van der Waals surface area contributed by atoms with Crippen LogP contribution < -0.4 is 10.7 Å². The summed E-state index contributed by atoms with van der Waals surface area (Å²) in [5, 5.41) is 16.0. The molecule has 2 N–H and O–H groups in total. The molecular weight excluding hydrogens is 288 g/mol. The molecule has 0 aromatic heterocycles. The van der Waals surface area contributed by atoms with E-state index < -0.39 is 5.60 Å². The third-order valence-corrected chi connectivity index (χ3v) is 4.12. The fourth-order valence-corrected chi connectivity index (χ4v) is 2.95. The van der Waals surface area contributed by atoms with E-state index in [0.29, 0.717) is 18.0 Å². The third kappa shape index (κ3) is 2.51. The molecule has 5 nitrogen and oxygen atoms in total. The highest BCUT2D eigenvalue weighted by Crippen LogP contribution is 2.35. The second-order valence-corrected chi connectivity index (χ2v) is 6.42. The van der Waals surface area contributed by atoms with E-state index in [4.69, 9.17) is 10.5 Å². The largest absolute Gasteiger partial charge is 0.383 e. The second-order valence-electron chi connectivity index (χ2n) is 6.42.